The van der Waals surface area contributed by atoms with Crippen molar-refractivity contribution in [2.75, 3.05) is 23.3 Å². The fourth-order valence-electron chi connectivity index (χ4n) is 3.97. The highest BCUT2D eigenvalue weighted by molar-refractivity contribution is 7.14. The zero-order chi connectivity index (χ0) is 22.1. The van der Waals surface area contributed by atoms with Crippen LogP contribution >= 0.6 is 11.3 Å². The molecule has 0 spiro atoms. The molecule has 32 heavy (non-hydrogen) atoms. The molecule has 0 saturated carbocycles. The number of hydrogen-bond donors (Lipinski definition) is 2. The molecule has 2 N–H and O–H groups in total. The lowest BCUT2D eigenvalue weighted by atomic mass is 10.1. The maximum absolute atomic E-state index is 14.4. The van der Waals surface area contributed by atoms with Crippen molar-refractivity contribution in [3.63, 3.8) is 0 Å². The van der Waals surface area contributed by atoms with Crippen LogP contribution in [0.15, 0.2) is 23.6 Å². The number of thiazole rings is 1. The lowest BCUT2D eigenvalue weighted by molar-refractivity contribution is -0.115. The zero-order valence-electron chi connectivity index (χ0n) is 17.3. The number of carbonyl (C=O) groups is 2. The Balaban J connectivity index is 1.31. The van der Waals surface area contributed by atoms with Gasteiger partial charge in [-0.1, -0.05) is 6.42 Å². The summed E-state index contributed by atoms with van der Waals surface area (Å²) in [6.45, 7) is 1.94. The summed E-state index contributed by atoms with van der Waals surface area (Å²) in [5, 5.41) is 16.2. The summed E-state index contributed by atoms with van der Waals surface area (Å²) >= 11 is 1.30. The molecule has 1 aromatic carbocycles. The van der Waals surface area contributed by atoms with Crippen LogP contribution in [0.4, 0.5) is 20.0 Å². The molecule has 3 aromatic rings. The number of halogens is 1. The largest absolute Gasteiger partial charge is 0.336 e. The van der Waals surface area contributed by atoms with E-state index in [9.17, 15) is 14.0 Å². The number of benzene rings is 1. The van der Waals surface area contributed by atoms with Crippen molar-refractivity contribution in [1.82, 2.24) is 25.1 Å². The Labute approximate surface area is 187 Å². The van der Waals surface area contributed by atoms with Gasteiger partial charge in [-0.2, -0.15) is 0 Å². The van der Waals surface area contributed by atoms with Crippen LogP contribution in [-0.2, 0) is 24.2 Å². The number of carbonyl (C=O) groups excluding carboxylic acids is 2. The Morgan fingerprint density at radius 2 is 2.12 bits per heavy atom. The average Bonchev–Trinajstić information content (AvgIpc) is 3.46. The predicted molar refractivity (Wildman–Crippen MR) is 118 cm³/mol. The van der Waals surface area contributed by atoms with Crippen molar-refractivity contribution in [2.45, 2.75) is 38.6 Å². The van der Waals surface area contributed by atoms with Gasteiger partial charge in [0.05, 0.1) is 17.8 Å². The second-order valence-electron chi connectivity index (χ2n) is 7.83. The molecule has 2 aromatic heterocycles. The number of nitrogens with one attached hydrogen (secondary N) is 2. The van der Waals surface area contributed by atoms with E-state index in [4.69, 9.17) is 0 Å². The minimum atomic E-state index is -0.523. The minimum absolute atomic E-state index is 0.0179. The van der Waals surface area contributed by atoms with Gasteiger partial charge >= 0.3 is 6.03 Å². The van der Waals surface area contributed by atoms with Gasteiger partial charge in [-0.15, -0.1) is 21.5 Å². The molecule has 11 heteroatoms. The summed E-state index contributed by atoms with van der Waals surface area (Å²) in [7, 11) is 0. The monoisotopic (exact) mass is 455 g/mol. The van der Waals surface area contributed by atoms with Gasteiger partial charge in [-0.05, 0) is 31.0 Å². The van der Waals surface area contributed by atoms with Gasteiger partial charge in [-0.25, -0.2) is 14.2 Å². The molecule has 0 unspecified atom stereocenters. The first-order valence-electron chi connectivity index (χ1n) is 10.6. The van der Waals surface area contributed by atoms with Crippen LogP contribution in [-0.4, -0.2) is 44.8 Å². The molecule has 2 aliphatic rings. The number of amides is 3. The van der Waals surface area contributed by atoms with E-state index in [1.807, 2.05) is 0 Å². The Morgan fingerprint density at radius 1 is 1.22 bits per heavy atom. The molecular formula is C21H22FN7O2S. The first kappa shape index (κ1) is 20.6. The highest BCUT2D eigenvalue weighted by atomic mass is 32.1. The number of hydrogen-bond acceptors (Lipinski definition) is 6. The van der Waals surface area contributed by atoms with Crippen molar-refractivity contribution < 1.29 is 14.0 Å². The molecule has 4 heterocycles. The zero-order valence-corrected chi connectivity index (χ0v) is 18.1. The molecule has 0 radical (unpaired) electrons. The van der Waals surface area contributed by atoms with Crippen LogP contribution in [0.2, 0.25) is 0 Å². The van der Waals surface area contributed by atoms with Gasteiger partial charge in [0, 0.05) is 37.0 Å². The molecule has 3 amide bonds. The second kappa shape index (κ2) is 8.65. The van der Waals surface area contributed by atoms with Crippen LogP contribution in [0.1, 0.15) is 30.8 Å². The molecule has 2 aliphatic heterocycles. The fourth-order valence-corrected chi connectivity index (χ4v) is 4.82. The number of rotatable bonds is 5. The number of urea groups is 1. The lowest BCUT2D eigenvalue weighted by Crippen LogP contribution is -2.27. The van der Waals surface area contributed by atoms with E-state index in [1.54, 1.807) is 17.5 Å². The van der Waals surface area contributed by atoms with Gasteiger partial charge in [0.15, 0.2) is 11.0 Å². The van der Waals surface area contributed by atoms with Gasteiger partial charge in [0.1, 0.15) is 11.6 Å². The van der Waals surface area contributed by atoms with Gasteiger partial charge in [-0.3, -0.25) is 9.69 Å². The number of aryl methyl sites for hydroxylation is 1. The van der Waals surface area contributed by atoms with Crippen LogP contribution < -0.4 is 15.5 Å². The quantitative estimate of drug-likeness (QED) is 0.615. The van der Waals surface area contributed by atoms with Gasteiger partial charge < -0.3 is 15.2 Å². The molecule has 0 aliphatic carbocycles. The van der Waals surface area contributed by atoms with E-state index >= 15 is 0 Å². The van der Waals surface area contributed by atoms with Gasteiger partial charge in [0.25, 0.3) is 0 Å². The second-order valence-corrected chi connectivity index (χ2v) is 8.66. The van der Waals surface area contributed by atoms with E-state index < -0.39 is 5.82 Å². The molecular weight excluding hydrogens is 433 g/mol. The van der Waals surface area contributed by atoms with E-state index in [2.05, 4.69) is 30.4 Å². The molecule has 1 saturated heterocycles. The third kappa shape index (κ3) is 4.07. The Hall–Kier alpha value is -3.34. The molecule has 166 valence electrons. The number of aromatic nitrogens is 4. The fraction of sp³-hybridized carbons (Fsp3) is 0.381. The maximum atomic E-state index is 14.4. The van der Waals surface area contributed by atoms with Crippen molar-refractivity contribution in [3.05, 3.63) is 40.9 Å². The van der Waals surface area contributed by atoms with Crippen molar-refractivity contribution in [1.29, 1.82) is 0 Å². The summed E-state index contributed by atoms with van der Waals surface area (Å²) in [6.07, 6.45) is 4.15. The molecule has 1 fully saturated rings. The van der Waals surface area contributed by atoms with Crippen molar-refractivity contribution in [2.24, 2.45) is 0 Å². The highest BCUT2D eigenvalue weighted by Crippen LogP contribution is 2.27. The standard InChI is InChI=1S/C21H22FN7O2S/c22-15-6-5-13(19-27-26-17-4-2-1-3-8-28(17)19)10-16(15)25-18(30)11-14-12-32-21(24-14)29-9-7-23-20(29)31/h5-6,10,12H,1-4,7-9,11H2,(H,23,31)(H,25,30). The van der Waals surface area contributed by atoms with Gasteiger partial charge in [0.2, 0.25) is 5.91 Å². The normalized spacial score (nSPS) is 15.9. The number of fused-ring (bicyclic) bond motifs is 1. The average molecular weight is 456 g/mol. The summed E-state index contributed by atoms with van der Waals surface area (Å²) in [4.78, 5) is 30.2. The summed E-state index contributed by atoms with van der Waals surface area (Å²) in [5.41, 5.74) is 1.33. The Kier molecular flexibility index (Phi) is 5.56. The smallest absolute Gasteiger partial charge is 0.323 e. The van der Waals surface area contributed by atoms with E-state index in [0.717, 1.165) is 38.1 Å². The van der Waals surface area contributed by atoms with Crippen molar-refractivity contribution in [3.8, 4) is 11.4 Å². The molecule has 5 rings (SSSR count). The third-order valence-electron chi connectivity index (χ3n) is 5.58. The van der Waals surface area contributed by atoms with Crippen LogP contribution in [0.3, 0.4) is 0 Å². The van der Waals surface area contributed by atoms with E-state index in [1.165, 1.54) is 22.3 Å². The lowest BCUT2D eigenvalue weighted by Gasteiger charge is -2.10. The van der Waals surface area contributed by atoms with Crippen LogP contribution in [0, 0.1) is 5.82 Å². The number of anilines is 2. The first-order valence-corrected chi connectivity index (χ1v) is 11.5. The highest BCUT2D eigenvalue weighted by Gasteiger charge is 2.24. The Morgan fingerprint density at radius 3 is 2.97 bits per heavy atom. The number of nitrogens with zero attached hydrogens (tertiary/aromatic N) is 5. The third-order valence-corrected chi connectivity index (χ3v) is 6.49. The van der Waals surface area contributed by atoms with E-state index in [0.29, 0.717) is 35.3 Å². The maximum Gasteiger partial charge on any atom is 0.323 e. The summed E-state index contributed by atoms with van der Waals surface area (Å²) < 4.78 is 16.5. The summed E-state index contributed by atoms with van der Waals surface area (Å²) in [5.74, 6) is 0.720. The molecule has 0 atom stereocenters. The topological polar surface area (TPSA) is 105 Å². The van der Waals surface area contributed by atoms with Crippen LogP contribution in [0.5, 0.6) is 0 Å². The summed E-state index contributed by atoms with van der Waals surface area (Å²) in [6, 6.07) is 4.38. The minimum Gasteiger partial charge on any atom is -0.336 e. The predicted octanol–water partition coefficient (Wildman–Crippen LogP) is 2.98. The molecule has 9 nitrogen and oxygen atoms in total. The van der Waals surface area contributed by atoms with E-state index in [-0.39, 0.29) is 24.0 Å². The van der Waals surface area contributed by atoms with Crippen molar-refractivity contribution >= 4 is 34.1 Å². The molecule has 0 bridgehead atoms. The first-order chi connectivity index (χ1) is 15.6. The Bertz CT molecular complexity index is 1170. The van der Waals surface area contributed by atoms with Crippen LogP contribution in [0.25, 0.3) is 11.4 Å². The SMILES string of the molecule is O=C(Cc1csc(N2CCNC2=O)n1)Nc1cc(-c2nnc3n2CCCCC3)ccc1F.